The average Bonchev–Trinajstić information content (AvgIpc) is 2.23. The van der Waals surface area contributed by atoms with Crippen LogP contribution in [0.3, 0.4) is 0 Å². The van der Waals surface area contributed by atoms with E-state index in [0.717, 1.165) is 17.7 Å². The Kier molecular flexibility index (Phi) is 2.60. The molecule has 0 atom stereocenters. The molecule has 16 heavy (non-hydrogen) atoms. The maximum Gasteiger partial charge on any atom is 0.221 e. The van der Waals surface area contributed by atoms with Crippen molar-refractivity contribution in [1.82, 2.24) is 0 Å². The fourth-order valence-corrected chi connectivity index (χ4v) is 1.89. The second-order valence-corrected chi connectivity index (χ2v) is 3.99. The summed E-state index contributed by atoms with van der Waals surface area (Å²) in [5.41, 5.74) is 3.11. The third-order valence-electron chi connectivity index (χ3n) is 2.69. The van der Waals surface area contributed by atoms with Crippen molar-refractivity contribution in [1.29, 1.82) is 0 Å². The largest absolute Gasteiger partial charge is 0.326 e. The Labute approximate surface area is 94.2 Å². The zero-order valence-corrected chi connectivity index (χ0v) is 9.17. The normalized spacial score (nSPS) is 14.6. The van der Waals surface area contributed by atoms with Crippen LogP contribution >= 0.6 is 0 Å². The molecule has 3 nitrogen and oxygen atoms in total. The Bertz CT molecular complexity index is 489. The van der Waals surface area contributed by atoms with Crippen molar-refractivity contribution in [2.45, 2.75) is 19.8 Å². The van der Waals surface area contributed by atoms with E-state index in [4.69, 9.17) is 0 Å². The number of hydrogen-bond acceptors (Lipinski definition) is 2. The van der Waals surface area contributed by atoms with Crippen LogP contribution in [-0.2, 0) is 11.2 Å². The van der Waals surface area contributed by atoms with Gasteiger partial charge in [0.15, 0.2) is 5.78 Å². The molecular formula is C13H13NO2. The van der Waals surface area contributed by atoms with E-state index < -0.39 is 0 Å². The first kappa shape index (κ1) is 10.6. The number of aryl methyl sites for hydroxylation is 1. The van der Waals surface area contributed by atoms with Crippen molar-refractivity contribution < 1.29 is 9.59 Å². The third-order valence-corrected chi connectivity index (χ3v) is 2.69. The van der Waals surface area contributed by atoms with Gasteiger partial charge in [0.1, 0.15) is 0 Å². The Hall–Kier alpha value is -1.90. The van der Waals surface area contributed by atoms with Gasteiger partial charge in [0.25, 0.3) is 0 Å². The van der Waals surface area contributed by atoms with Crippen molar-refractivity contribution >= 4 is 17.4 Å². The summed E-state index contributed by atoms with van der Waals surface area (Å²) < 4.78 is 0. The summed E-state index contributed by atoms with van der Waals surface area (Å²) in [6.45, 7) is 5.21. The lowest BCUT2D eigenvalue weighted by Crippen LogP contribution is -2.14. The standard InChI is InChI=1S/C13H13NO2/c1-8-3-4-10-7-11(14-9(2)15)5-6-12(10)13(8)16/h5-7H,1,3-4H2,2H3,(H,14,15). The van der Waals surface area contributed by atoms with Crippen molar-refractivity contribution in [3.05, 3.63) is 41.5 Å². The quantitative estimate of drug-likeness (QED) is 0.731. The Morgan fingerprint density at radius 2 is 2.12 bits per heavy atom. The van der Waals surface area contributed by atoms with Gasteiger partial charge >= 0.3 is 0 Å². The molecule has 1 aromatic rings. The third kappa shape index (κ3) is 1.89. The Morgan fingerprint density at radius 1 is 1.38 bits per heavy atom. The molecule has 0 aliphatic heterocycles. The number of rotatable bonds is 1. The zero-order chi connectivity index (χ0) is 11.7. The van der Waals surface area contributed by atoms with Gasteiger partial charge in [-0.05, 0) is 42.2 Å². The van der Waals surface area contributed by atoms with Gasteiger partial charge in [-0.25, -0.2) is 0 Å². The average molecular weight is 215 g/mol. The minimum Gasteiger partial charge on any atom is -0.326 e. The molecule has 1 amide bonds. The van der Waals surface area contributed by atoms with E-state index in [0.29, 0.717) is 17.6 Å². The SMILES string of the molecule is C=C1CCc2cc(NC(C)=O)ccc2C1=O. The van der Waals surface area contributed by atoms with E-state index in [1.807, 2.05) is 6.07 Å². The van der Waals surface area contributed by atoms with Crippen LogP contribution in [0, 0.1) is 0 Å². The van der Waals surface area contributed by atoms with E-state index in [-0.39, 0.29) is 11.7 Å². The highest BCUT2D eigenvalue weighted by atomic mass is 16.1. The smallest absolute Gasteiger partial charge is 0.221 e. The van der Waals surface area contributed by atoms with Gasteiger partial charge in [-0.2, -0.15) is 0 Å². The number of carbonyl (C=O) groups excluding carboxylic acids is 2. The molecule has 0 spiro atoms. The van der Waals surface area contributed by atoms with Gasteiger partial charge in [0.2, 0.25) is 5.91 Å². The maximum atomic E-state index is 11.8. The number of carbonyl (C=O) groups is 2. The molecule has 1 aromatic carbocycles. The second kappa shape index (κ2) is 3.93. The van der Waals surface area contributed by atoms with Crippen molar-refractivity contribution in [3.63, 3.8) is 0 Å². The number of nitrogens with one attached hydrogen (secondary N) is 1. The number of ketones is 1. The molecular weight excluding hydrogens is 202 g/mol. The monoisotopic (exact) mass is 215 g/mol. The van der Waals surface area contributed by atoms with Crippen LogP contribution in [-0.4, -0.2) is 11.7 Å². The van der Waals surface area contributed by atoms with Crippen LogP contribution in [0.1, 0.15) is 29.3 Å². The van der Waals surface area contributed by atoms with Gasteiger partial charge < -0.3 is 5.32 Å². The summed E-state index contributed by atoms with van der Waals surface area (Å²) in [6, 6.07) is 5.37. The van der Waals surface area contributed by atoms with E-state index >= 15 is 0 Å². The minimum absolute atomic E-state index is 0.0237. The van der Waals surface area contributed by atoms with Crippen LogP contribution in [0.4, 0.5) is 5.69 Å². The lowest BCUT2D eigenvalue weighted by atomic mass is 9.87. The molecule has 1 N–H and O–H groups in total. The number of benzene rings is 1. The molecule has 2 rings (SSSR count). The van der Waals surface area contributed by atoms with E-state index in [2.05, 4.69) is 11.9 Å². The molecule has 82 valence electrons. The first-order valence-corrected chi connectivity index (χ1v) is 5.21. The molecule has 0 aromatic heterocycles. The molecule has 1 aliphatic carbocycles. The molecule has 1 aliphatic rings. The predicted molar refractivity (Wildman–Crippen MR) is 62.5 cm³/mol. The van der Waals surface area contributed by atoms with E-state index in [9.17, 15) is 9.59 Å². The van der Waals surface area contributed by atoms with Crippen LogP contribution in [0.5, 0.6) is 0 Å². The van der Waals surface area contributed by atoms with E-state index in [1.165, 1.54) is 6.92 Å². The maximum absolute atomic E-state index is 11.8. The lowest BCUT2D eigenvalue weighted by molar-refractivity contribution is -0.114. The number of fused-ring (bicyclic) bond motifs is 1. The van der Waals surface area contributed by atoms with Crippen LogP contribution < -0.4 is 5.32 Å². The zero-order valence-electron chi connectivity index (χ0n) is 9.17. The summed E-state index contributed by atoms with van der Waals surface area (Å²) in [6.07, 6.45) is 1.52. The summed E-state index contributed by atoms with van der Waals surface area (Å²) in [5, 5.41) is 2.71. The van der Waals surface area contributed by atoms with Gasteiger partial charge in [0.05, 0.1) is 0 Å². The van der Waals surface area contributed by atoms with Gasteiger partial charge in [-0.3, -0.25) is 9.59 Å². The lowest BCUT2D eigenvalue weighted by Gasteiger charge is -2.17. The Balaban J connectivity index is 2.37. The van der Waals surface area contributed by atoms with Crippen LogP contribution in [0.25, 0.3) is 0 Å². The number of allylic oxidation sites excluding steroid dienone is 1. The molecule has 0 radical (unpaired) electrons. The Morgan fingerprint density at radius 3 is 2.81 bits per heavy atom. The summed E-state index contributed by atoms with van der Waals surface area (Å²) in [4.78, 5) is 22.7. The summed E-state index contributed by atoms with van der Waals surface area (Å²) in [5.74, 6) is -0.0814. The highest BCUT2D eigenvalue weighted by Gasteiger charge is 2.20. The summed E-state index contributed by atoms with van der Waals surface area (Å²) >= 11 is 0. The fourth-order valence-electron chi connectivity index (χ4n) is 1.89. The molecule has 0 fully saturated rings. The minimum atomic E-state index is -0.105. The van der Waals surface area contributed by atoms with Crippen LogP contribution in [0.15, 0.2) is 30.4 Å². The second-order valence-electron chi connectivity index (χ2n) is 3.99. The van der Waals surface area contributed by atoms with Crippen molar-refractivity contribution in [2.75, 3.05) is 5.32 Å². The number of amides is 1. The topological polar surface area (TPSA) is 46.2 Å². The van der Waals surface area contributed by atoms with Crippen molar-refractivity contribution in [3.8, 4) is 0 Å². The first-order valence-electron chi connectivity index (χ1n) is 5.21. The number of Topliss-reactive ketones (excluding diaryl/α,β-unsaturated/α-hetero) is 1. The first-order chi connectivity index (χ1) is 7.58. The summed E-state index contributed by atoms with van der Waals surface area (Å²) in [7, 11) is 0. The highest BCUT2D eigenvalue weighted by molar-refractivity contribution is 6.10. The fraction of sp³-hybridized carbons (Fsp3) is 0.231. The molecule has 0 saturated carbocycles. The predicted octanol–water partition coefficient (Wildman–Crippen LogP) is 2.33. The van der Waals surface area contributed by atoms with Gasteiger partial charge in [-0.1, -0.05) is 6.58 Å². The highest BCUT2D eigenvalue weighted by Crippen LogP contribution is 2.26. The molecule has 0 heterocycles. The van der Waals surface area contributed by atoms with E-state index in [1.54, 1.807) is 12.1 Å². The molecule has 0 saturated heterocycles. The van der Waals surface area contributed by atoms with Gasteiger partial charge in [0, 0.05) is 18.2 Å². The molecule has 0 bridgehead atoms. The molecule has 0 unspecified atom stereocenters. The number of hydrogen-bond donors (Lipinski definition) is 1. The van der Waals surface area contributed by atoms with Crippen LogP contribution in [0.2, 0.25) is 0 Å². The number of anilines is 1. The van der Waals surface area contributed by atoms with Gasteiger partial charge in [-0.15, -0.1) is 0 Å². The van der Waals surface area contributed by atoms with Crippen molar-refractivity contribution in [2.24, 2.45) is 0 Å². The molecule has 3 heteroatoms.